The minimum atomic E-state index is -0.591. The van der Waals surface area contributed by atoms with Crippen LogP contribution in [0.1, 0.15) is 25.0 Å². The molecule has 0 radical (unpaired) electrons. The summed E-state index contributed by atoms with van der Waals surface area (Å²) < 4.78 is 11.1. The molecule has 2 aromatic rings. The standard InChI is InChI=1S/C19H23NO3/c1-5-22-16-9-11-17(12-10-16)23-15(4)19(21)20-18-13(2)7-6-8-14(18)3/h6-12,15H,5H2,1-4H3,(H,20,21). The van der Waals surface area contributed by atoms with Crippen LogP contribution in [0.15, 0.2) is 42.5 Å². The van der Waals surface area contributed by atoms with Crippen LogP contribution >= 0.6 is 0 Å². The second-order valence-electron chi connectivity index (χ2n) is 5.42. The topological polar surface area (TPSA) is 47.6 Å². The van der Waals surface area contributed by atoms with E-state index in [-0.39, 0.29) is 5.91 Å². The second-order valence-corrected chi connectivity index (χ2v) is 5.42. The number of nitrogens with one attached hydrogen (secondary N) is 1. The first kappa shape index (κ1) is 16.9. The highest BCUT2D eigenvalue weighted by molar-refractivity contribution is 5.95. The number of aryl methyl sites for hydroxylation is 2. The lowest BCUT2D eigenvalue weighted by molar-refractivity contribution is -0.122. The normalized spacial score (nSPS) is 11.7. The molecule has 0 fully saturated rings. The van der Waals surface area contributed by atoms with Crippen molar-refractivity contribution in [1.82, 2.24) is 0 Å². The van der Waals surface area contributed by atoms with Gasteiger partial charge in [0, 0.05) is 5.69 Å². The van der Waals surface area contributed by atoms with Gasteiger partial charge in [-0.2, -0.15) is 0 Å². The lowest BCUT2D eigenvalue weighted by Crippen LogP contribution is -2.30. The van der Waals surface area contributed by atoms with Crippen molar-refractivity contribution in [3.8, 4) is 11.5 Å². The van der Waals surface area contributed by atoms with Crippen LogP contribution in [-0.4, -0.2) is 18.6 Å². The second kappa shape index (κ2) is 7.68. The maximum absolute atomic E-state index is 12.3. The summed E-state index contributed by atoms with van der Waals surface area (Å²) in [7, 11) is 0. The Kier molecular flexibility index (Phi) is 5.63. The summed E-state index contributed by atoms with van der Waals surface area (Å²) in [6.45, 7) is 8.24. The van der Waals surface area contributed by atoms with Crippen molar-refractivity contribution in [2.24, 2.45) is 0 Å². The molecule has 4 heteroatoms. The molecule has 1 unspecified atom stereocenters. The van der Waals surface area contributed by atoms with E-state index >= 15 is 0 Å². The Bertz CT molecular complexity index is 645. The Labute approximate surface area is 137 Å². The monoisotopic (exact) mass is 313 g/mol. The van der Waals surface area contributed by atoms with Crippen molar-refractivity contribution in [1.29, 1.82) is 0 Å². The Morgan fingerprint density at radius 2 is 1.61 bits per heavy atom. The Balaban J connectivity index is 1.99. The molecule has 1 atom stereocenters. The summed E-state index contributed by atoms with van der Waals surface area (Å²) in [6.07, 6.45) is -0.591. The highest BCUT2D eigenvalue weighted by Crippen LogP contribution is 2.21. The molecule has 0 aliphatic carbocycles. The first-order valence-corrected chi connectivity index (χ1v) is 7.78. The number of rotatable bonds is 6. The minimum Gasteiger partial charge on any atom is -0.494 e. The smallest absolute Gasteiger partial charge is 0.265 e. The third kappa shape index (κ3) is 4.49. The van der Waals surface area contributed by atoms with Crippen LogP contribution in [0.4, 0.5) is 5.69 Å². The molecule has 23 heavy (non-hydrogen) atoms. The predicted octanol–water partition coefficient (Wildman–Crippen LogP) is 4.11. The molecule has 0 aliphatic rings. The number of ether oxygens (including phenoxy) is 2. The molecular weight excluding hydrogens is 290 g/mol. The van der Waals surface area contributed by atoms with Crippen LogP contribution in [0.2, 0.25) is 0 Å². The third-order valence-corrected chi connectivity index (χ3v) is 3.55. The molecule has 1 amide bonds. The van der Waals surface area contributed by atoms with Crippen molar-refractivity contribution < 1.29 is 14.3 Å². The van der Waals surface area contributed by atoms with E-state index in [0.717, 1.165) is 22.6 Å². The Hall–Kier alpha value is -2.49. The van der Waals surface area contributed by atoms with Gasteiger partial charge in [0.2, 0.25) is 0 Å². The van der Waals surface area contributed by atoms with Crippen molar-refractivity contribution in [3.05, 3.63) is 53.6 Å². The molecule has 0 saturated heterocycles. The van der Waals surface area contributed by atoms with E-state index in [1.165, 1.54) is 0 Å². The van der Waals surface area contributed by atoms with E-state index in [1.807, 2.05) is 51.1 Å². The quantitative estimate of drug-likeness (QED) is 0.873. The molecule has 1 N–H and O–H groups in total. The zero-order valence-electron chi connectivity index (χ0n) is 14.1. The van der Waals surface area contributed by atoms with E-state index in [2.05, 4.69) is 5.32 Å². The number of para-hydroxylation sites is 1. The van der Waals surface area contributed by atoms with Gasteiger partial charge in [-0.05, 0) is 63.1 Å². The Morgan fingerprint density at radius 1 is 1.04 bits per heavy atom. The molecule has 0 saturated carbocycles. The highest BCUT2D eigenvalue weighted by atomic mass is 16.5. The zero-order chi connectivity index (χ0) is 16.8. The maximum atomic E-state index is 12.3. The molecule has 0 aliphatic heterocycles. The fourth-order valence-corrected chi connectivity index (χ4v) is 2.28. The van der Waals surface area contributed by atoms with Crippen LogP contribution in [-0.2, 0) is 4.79 Å². The summed E-state index contributed by atoms with van der Waals surface area (Å²) >= 11 is 0. The van der Waals surface area contributed by atoms with Crippen molar-refractivity contribution in [2.75, 3.05) is 11.9 Å². The van der Waals surface area contributed by atoms with E-state index in [1.54, 1.807) is 19.1 Å². The van der Waals surface area contributed by atoms with Gasteiger partial charge in [-0.1, -0.05) is 18.2 Å². The van der Waals surface area contributed by atoms with Gasteiger partial charge < -0.3 is 14.8 Å². The number of benzene rings is 2. The van der Waals surface area contributed by atoms with Crippen LogP contribution in [0.3, 0.4) is 0 Å². The molecule has 4 nitrogen and oxygen atoms in total. The molecule has 122 valence electrons. The first-order valence-electron chi connectivity index (χ1n) is 7.78. The summed E-state index contributed by atoms with van der Waals surface area (Å²) in [5, 5.41) is 2.94. The summed E-state index contributed by atoms with van der Waals surface area (Å²) in [5.74, 6) is 1.25. The first-order chi connectivity index (χ1) is 11.0. The van der Waals surface area contributed by atoms with Crippen molar-refractivity contribution in [2.45, 2.75) is 33.8 Å². The average Bonchev–Trinajstić information content (AvgIpc) is 2.53. The van der Waals surface area contributed by atoms with E-state index in [4.69, 9.17) is 9.47 Å². The number of hydrogen-bond acceptors (Lipinski definition) is 3. The van der Waals surface area contributed by atoms with Gasteiger partial charge >= 0.3 is 0 Å². The SMILES string of the molecule is CCOc1ccc(OC(C)C(=O)Nc2c(C)cccc2C)cc1. The van der Waals surface area contributed by atoms with Crippen molar-refractivity contribution in [3.63, 3.8) is 0 Å². The average molecular weight is 313 g/mol. The van der Waals surface area contributed by atoms with Gasteiger partial charge in [0.1, 0.15) is 11.5 Å². The van der Waals surface area contributed by atoms with E-state index < -0.39 is 6.10 Å². The number of carbonyl (C=O) groups is 1. The number of carbonyl (C=O) groups excluding carboxylic acids is 1. The number of anilines is 1. The number of amides is 1. The zero-order valence-corrected chi connectivity index (χ0v) is 14.1. The summed E-state index contributed by atoms with van der Waals surface area (Å²) in [5.41, 5.74) is 2.91. The lowest BCUT2D eigenvalue weighted by Gasteiger charge is -2.17. The summed E-state index contributed by atoms with van der Waals surface area (Å²) in [6, 6.07) is 13.2. The van der Waals surface area contributed by atoms with Gasteiger partial charge in [-0.3, -0.25) is 4.79 Å². The minimum absolute atomic E-state index is 0.170. The van der Waals surface area contributed by atoms with E-state index in [9.17, 15) is 4.79 Å². The van der Waals surface area contributed by atoms with Crippen LogP contribution in [0.5, 0.6) is 11.5 Å². The molecule has 2 aromatic carbocycles. The fourth-order valence-electron chi connectivity index (χ4n) is 2.28. The highest BCUT2D eigenvalue weighted by Gasteiger charge is 2.16. The van der Waals surface area contributed by atoms with Crippen molar-refractivity contribution >= 4 is 11.6 Å². The van der Waals surface area contributed by atoms with Gasteiger partial charge in [0.25, 0.3) is 5.91 Å². The molecule has 0 aromatic heterocycles. The molecule has 2 rings (SSSR count). The van der Waals surface area contributed by atoms with Crippen LogP contribution < -0.4 is 14.8 Å². The largest absolute Gasteiger partial charge is 0.494 e. The Morgan fingerprint density at radius 3 is 2.17 bits per heavy atom. The molecule has 0 heterocycles. The van der Waals surface area contributed by atoms with Gasteiger partial charge in [-0.25, -0.2) is 0 Å². The lowest BCUT2D eigenvalue weighted by atomic mass is 10.1. The number of hydrogen-bond donors (Lipinski definition) is 1. The predicted molar refractivity (Wildman–Crippen MR) is 92.2 cm³/mol. The van der Waals surface area contributed by atoms with Gasteiger partial charge in [0.05, 0.1) is 6.61 Å². The van der Waals surface area contributed by atoms with Crippen LogP contribution in [0, 0.1) is 13.8 Å². The molecule has 0 spiro atoms. The maximum Gasteiger partial charge on any atom is 0.265 e. The summed E-state index contributed by atoms with van der Waals surface area (Å²) in [4.78, 5) is 12.3. The molecule has 0 bridgehead atoms. The van der Waals surface area contributed by atoms with Gasteiger partial charge in [0.15, 0.2) is 6.10 Å². The van der Waals surface area contributed by atoms with Crippen LogP contribution in [0.25, 0.3) is 0 Å². The third-order valence-electron chi connectivity index (χ3n) is 3.55. The van der Waals surface area contributed by atoms with Gasteiger partial charge in [-0.15, -0.1) is 0 Å². The van der Waals surface area contributed by atoms with E-state index in [0.29, 0.717) is 12.4 Å². The fraction of sp³-hybridized carbons (Fsp3) is 0.316. The molecular formula is C19H23NO3.